The van der Waals surface area contributed by atoms with Gasteiger partial charge in [-0.05, 0) is 90.3 Å². The fourth-order valence-corrected chi connectivity index (χ4v) is 6.22. The molecular formula is C35H39ClF2N2O3. The van der Waals surface area contributed by atoms with E-state index in [0.29, 0.717) is 43.4 Å². The van der Waals surface area contributed by atoms with E-state index in [1.54, 1.807) is 0 Å². The summed E-state index contributed by atoms with van der Waals surface area (Å²) in [6, 6.07) is 15.9. The van der Waals surface area contributed by atoms with Crippen molar-refractivity contribution in [2.75, 3.05) is 26.2 Å². The summed E-state index contributed by atoms with van der Waals surface area (Å²) in [5, 5.41) is 9.86. The minimum absolute atomic E-state index is 0.0460. The molecule has 8 heteroatoms. The summed E-state index contributed by atoms with van der Waals surface area (Å²) in [6.45, 7) is 8.85. The minimum Gasteiger partial charge on any atom is -0.487 e. The van der Waals surface area contributed by atoms with Crippen LogP contribution in [0.2, 0.25) is 5.02 Å². The summed E-state index contributed by atoms with van der Waals surface area (Å²) < 4.78 is 33.1. The predicted octanol–water partition coefficient (Wildman–Crippen LogP) is 7.91. The van der Waals surface area contributed by atoms with E-state index < -0.39 is 17.9 Å². The molecular weight excluding hydrogens is 570 g/mol. The number of alkyl halides is 2. The Balaban J connectivity index is 1.25. The fraction of sp³-hybridized carbons (Fsp3) is 0.400. The first kappa shape index (κ1) is 31.2. The van der Waals surface area contributed by atoms with Crippen molar-refractivity contribution in [1.82, 2.24) is 9.80 Å². The van der Waals surface area contributed by atoms with Gasteiger partial charge in [-0.1, -0.05) is 60.2 Å². The van der Waals surface area contributed by atoms with Crippen LogP contribution in [0.3, 0.4) is 0 Å². The van der Waals surface area contributed by atoms with Gasteiger partial charge >= 0.3 is 5.97 Å². The molecule has 2 saturated heterocycles. The van der Waals surface area contributed by atoms with Crippen LogP contribution < -0.4 is 4.74 Å². The van der Waals surface area contributed by atoms with Crippen LogP contribution in [0.1, 0.15) is 52.6 Å². The van der Waals surface area contributed by atoms with E-state index in [4.69, 9.17) is 16.3 Å². The van der Waals surface area contributed by atoms with E-state index >= 15 is 0 Å². The van der Waals surface area contributed by atoms with Gasteiger partial charge in [-0.2, -0.15) is 0 Å². The zero-order valence-electron chi connectivity index (χ0n) is 25.0. The zero-order chi connectivity index (χ0) is 30.7. The minimum atomic E-state index is -2.55. The maximum atomic E-state index is 13.5. The van der Waals surface area contributed by atoms with Gasteiger partial charge in [-0.15, -0.1) is 0 Å². The Kier molecular flexibility index (Phi) is 9.54. The number of hydrogen-bond acceptors (Lipinski definition) is 4. The molecule has 5 nitrogen and oxygen atoms in total. The number of nitrogens with zero attached hydrogens (tertiary/aromatic N) is 2. The number of rotatable bonds is 11. The molecule has 0 bridgehead atoms. The number of hydrogen-bond donors (Lipinski definition) is 1. The van der Waals surface area contributed by atoms with Crippen LogP contribution in [-0.2, 0) is 17.9 Å². The number of carboxylic acids is 1. The third kappa shape index (κ3) is 7.28. The topological polar surface area (TPSA) is 53.0 Å². The van der Waals surface area contributed by atoms with E-state index in [9.17, 15) is 18.7 Å². The van der Waals surface area contributed by atoms with E-state index in [1.807, 2.05) is 34.9 Å². The van der Waals surface area contributed by atoms with Crippen LogP contribution in [0.15, 0.2) is 54.6 Å². The molecule has 0 aliphatic carbocycles. The van der Waals surface area contributed by atoms with Crippen molar-refractivity contribution < 1.29 is 23.4 Å². The Morgan fingerprint density at radius 2 is 1.81 bits per heavy atom. The van der Waals surface area contributed by atoms with Crippen LogP contribution in [0.25, 0.3) is 17.2 Å². The highest BCUT2D eigenvalue weighted by Gasteiger charge is 2.37. The van der Waals surface area contributed by atoms with E-state index in [1.165, 1.54) is 0 Å². The first-order valence-electron chi connectivity index (χ1n) is 14.9. The van der Waals surface area contributed by atoms with Crippen molar-refractivity contribution in [3.05, 3.63) is 93.0 Å². The van der Waals surface area contributed by atoms with Gasteiger partial charge in [0.25, 0.3) is 5.92 Å². The first-order valence-corrected chi connectivity index (χ1v) is 15.2. The average Bonchev–Trinajstić information content (AvgIpc) is 3.29. The lowest BCUT2D eigenvalue weighted by Crippen LogP contribution is -2.51. The first-order chi connectivity index (χ1) is 20.5. The van der Waals surface area contributed by atoms with Crippen LogP contribution in [0, 0.1) is 20.8 Å². The molecule has 228 valence electrons. The molecule has 0 spiro atoms. The second-order valence-electron chi connectivity index (χ2n) is 11.8. The molecule has 2 heterocycles. The summed E-state index contributed by atoms with van der Waals surface area (Å²) in [7, 11) is 0. The van der Waals surface area contributed by atoms with Gasteiger partial charge in [0.15, 0.2) is 0 Å². The lowest BCUT2D eigenvalue weighted by molar-refractivity contribution is -0.148. The van der Waals surface area contributed by atoms with Gasteiger partial charge in [0.1, 0.15) is 18.4 Å². The predicted molar refractivity (Wildman–Crippen MR) is 168 cm³/mol. The van der Waals surface area contributed by atoms with Crippen molar-refractivity contribution in [2.45, 2.75) is 65.1 Å². The molecule has 2 fully saturated rings. The quantitative estimate of drug-likeness (QED) is 0.240. The largest absolute Gasteiger partial charge is 0.487 e. The number of benzene rings is 3. The molecule has 0 saturated carbocycles. The molecule has 0 aromatic heterocycles. The van der Waals surface area contributed by atoms with Gasteiger partial charge in [-0.3, -0.25) is 14.6 Å². The maximum absolute atomic E-state index is 13.5. The van der Waals surface area contributed by atoms with Crippen molar-refractivity contribution in [2.24, 2.45) is 0 Å². The smallest absolute Gasteiger partial charge is 0.320 e. The van der Waals surface area contributed by atoms with Gasteiger partial charge in [0, 0.05) is 32.6 Å². The summed E-state index contributed by atoms with van der Waals surface area (Å²) in [5.74, 6) is -2.73. The SMILES string of the molecule is Cc1cc(OCc2cccc(-c3cccc(/C=C/CCN4CCC(F)(F)C4)c3C)c2C)c(Cl)cc1CN1CC[C@@H]1C(=O)O. The fourth-order valence-electron chi connectivity index (χ4n) is 5.98. The molecule has 3 aromatic rings. The average molecular weight is 609 g/mol. The Hall–Kier alpha value is -3.26. The van der Waals surface area contributed by atoms with Crippen molar-refractivity contribution in [3.8, 4) is 16.9 Å². The number of aliphatic carboxylic acids is 1. The molecule has 0 unspecified atom stereocenters. The second kappa shape index (κ2) is 13.2. The highest BCUT2D eigenvalue weighted by molar-refractivity contribution is 6.32. The van der Waals surface area contributed by atoms with E-state index in [2.05, 4.69) is 56.3 Å². The molecule has 2 aliphatic heterocycles. The molecule has 1 N–H and O–H groups in total. The number of carboxylic acid groups (broad SMARTS) is 1. The molecule has 2 aliphatic rings. The molecule has 3 aromatic carbocycles. The number of likely N-dealkylation sites (tertiary alicyclic amines) is 2. The van der Waals surface area contributed by atoms with Gasteiger partial charge in [0.2, 0.25) is 0 Å². The van der Waals surface area contributed by atoms with Crippen LogP contribution in [0.4, 0.5) is 8.78 Å². The highest BCUT2D eigenvalue weighted by Crippen LogP contribution is 2.34. The lowest BCUT2D eigenvalue weighted by Gasteiger charge is -2.38. The summed E-state index contributed by atoms with van der Waals surface area (Å²) in [6.07, 6.45) is 5.52. The monoisotopic (exact) mass is 608 g/mol. The molecule has 0 amide bonds. The van der Waals surface area contributed by atoms with Crippen LogP contribution in [0.5, 0.6) is 5.75 Å². The third-order valence-corrected chi connectivity index (χ3v) is 9.13. The van der Waals surface area contributed by atoms with Crippen molar-refractivity contribution >= 4 is 23.6 Å². The zero-order valence-corrected chi connectivity index (χ0v) is 25.8. The standard InChI is InChI=1S/C35H39ClF2N2O3/c1-23-18-33(31(36)19-28(23)20-40-16-13-32(40)34(41)42)43-21-27-10-7-12-30(25(27)3)29-11-6-9-26(24(29)2)8-4-5-15-39-17-14-35(37,38)22-39/h4,6-12,18-19,32H,5,13-17,20-22H2,1-3H3,(H,41,42)/b8-4+/t32-/m1/s1. The number of carbonyl (C=O) groups is 1. The van der Waals surface area contributed by atoms with E-state index in [0.717, 1.165) is 57.5 Å². The summed E-state index contributed by atoms with van der Waals surface area (Å²) in [5.41, 5.74) is 8.75. The maximum Gasteiger partial charge on any atom is 0.320 e. The summed E-state index contributed by atoms with van der Waals surface area (Å²) in [4.78, 5) is 15.2. The Labute approximate surface area is 257 Å². The normalized spacial score (nSPS) is 18.7. The van der Waals surface area contributed by atoms with Gasteiger partial charge < -0.3 is 9.84 Å². The Bertz CT molecular complexity index is 1520. The number of ether oxygens (including phenoxy) is 1. The van der Waals surface area contributed by atoms with E-state index in [-0.39, 0.29) is 13.0 Å². The molecule has 43 heavy (non-hydrogen) atoms. The molecule has 0 radical (unpaired) electrons. The van der Waals surface area contributed by atoms with Crippen molar-refractivity contribution in [1.29, 1.82) is 0 Å². The van der Waals surface area contributed by atoms with Crippen LogP contribution >= 0.6 is 11.6 Å². The van der Waals surface area contributed by atoms with Crippen molar-refractivity contribution in [3.63, 3.8) is 0 Å². The third-order valence-electron chi connectivity index (χ3n) is 8.83. The Morgan fingerprint density at radius 1 is 1.07 bits per heavy atom. The van der Waals surface area contributed by atoms with Gasteiger partial charge in [0.05, 0.1) is 11.6 Å². The number of aryl methyl sites for hydroxylation is 1. The lowest BCUT2D eigenvalue weighted by atomic mass is 9.91. The summed E-state index contributed by atoms with van der Waals surface area (Å²) >= 11 is 6.62. The second-order valence-corrected chi connectivity index (χ2v) is 12.2. The van der Waals surface area contributed by atoms with Crippen LogP contribution in [-0.4, -0.2) is 59.0 Å². The molecule has 5 rings (SSSR count). The van der Waals surface area contributed by atoms with Gasteiger partial charge in [-0.25, -0.2) is 8.78 Å². The number of halogens is 3. The Morgan fingerprint density at radius 3 is 2.49 bits per heavy atom. The molecule has 1 atom stereocenters. The highest BCUT2D eigenvalue weighted by atomic mass is 35.5.